The molecule has 0 aromatic heterocycles. The molecule has 302 valence electrons. The van der Waals surface area contributed by atoms with Gasteiger partial charge in [0.25, 0.3) is 0 Å². The van der Waals surface area contributed by atoms with E-state index in [0.717, 1.165) is 57.8 Å². The van der Waals surface area contributed by atoms with Crippen molar-refractivity contribution in [3.05, 3.63) is 60.8 Å². The van der Waals surface area contributed by atoms with E-state index in [9.17, 15) is 20.1 Å². The standard InChI is InChI=1S/C47H85NO4/c1-3-5-7-9-11-13-15-17-19-21-22-23-24-25-26-28-29-31-33-35-37-39-41-45(50)44(43-49)48-47(52)46(51)42-40-38-36-34-32-30-27-20-18-16-14-12-10-8-6-4-2/h12,14,18,20,25-26,31,33,39,41,44-46,49-51H,3-11,13,15-17,19,21-24,27-30,32,34-38,40,42-43H2,1-2H3,(H,48,52)/b14-12-,20-18-,26-25+,33-31+,41-39+. The SMILES string of the molecule is CCCCC/C=C\C/C=C\CCCCCCCCC(O)C(=O)NC(CO)C(O)/C=C/CC/C=C/CC/C=C/CCCCCCCCCCCCCC. The van der Waals surface area contributed by atoms with Gasteiger partial charge in [-0.05, 0) is 77.0 Å². The van der Waals surface area contributed by atoms with Crippen molar-refractivity contribution < 1.29 is 20.1 Å². The summed E-state index contributed by atoms with van der Waals surface area (Å²) in [6.45, 7) is 4.13. The fourth-order valence-electron chi connectivity index (χ4n) is 6.30. The number of hydrogen-bond acceptors (Lipinski definition) is 4. The molecule has 0 saturated carbocycles. The number of hydrogen-bond donors (Lipinski definition) is 4. The zero-order chi connectivity index (χ0) is 38.0. The summed E-state index contributed by atoms with van der Waals surface area (Å²) in [5.41, 5.74) is 0. The number of unbranched alkanes of at least 4 members (excludes halogenated alkanes) is 23. The van der Waals surface area contributed by atoms with Crippen molar-refractivity contribution in [1.82, 2.24) is 5.32 Å². The second-order valence-corrected chi connectivity index (χ2v) is 14.9. The van der Waals surface area contributed by atoms with Crippen LogP contribution in [0.2, 0.25) is 0 Å². The molecule has 0 fully saturated rings. The van der Waals surface area contributed by atoms with Gasteiger partial charge >= 0.3 is 0 Å². The zero-order valence-electron chi connectivity index (χ0n) is 34.2. The van der Waals surface area contributed by atoms with Crippen LogP contribution >= 0.6 is 0 Å². The highest BCUT2D eigenvalue weighted by atomic mass is 16.3. The lowest BCUT2D eigenvalue weighted by molar-refractivity contribution is -0.131. The number of amides is 1. The van der Waals surface area contributed by atoms with Gasteiger partial charge in [0.15, 0.2) is 0 Å². The quantitative estimate of drug-likeness (QED) is 0.0375. The van der Waals surface area contributed by atoms with Gasteiger partial charge in [-0.3, -0.25) is 4.79 Å². The molecular weight excluding hydrogens is 643 g/mol. The molecule has 52 heavy (non-hydrogen) atoms. The monoisotopic (exact) mass is 728 g/mol. The van der Waals surface area contributed by atoms with Crippen LogP contribution in [0.1, 0.15) is 206 Å². The van der Waals surface area contributed by atoms with Gasteiger partial charge in [-0.2, -0.15) is 0 Å². The van der Waals surface area contributed by atoms with Crippen LogP contribution < -0.4 is 5.32 Å². The predicted molar refractivity (Wildman–Crippen MR) is 227 cm³/mol. The maximum absolute atomic E-state index is 12.4. The first-order chi connectivity index (χ1) is 25.6. The summed E-state index contributed by atoms with van der Waals surface area (Å²) in [7, 11) is 0. The summed E-state index contributed by atoms with van der Waals surface area (Å²) in [6, 6.07) is -0.827. The van der Waals surface area contributed by atoms with Crippen molar-refractivity contribution >= 4 is 5.91 Å². The lowest BCUT2D eigenvalue weighted by Gasteiger charge is -2.21. The fourth-order valence-corrected chi connectivity index (χ4v) is 6.30. The van der Waals surface area contributed by atoms with Crippen LogP contribution in [0.4, 0.5) is 0 Å². The van der Waals surface area contributed by atoms with Crippen LogP contribution in [0, 0.1) is 0 Å². The number of aliphatic hydroxyl groups is 3. The summed E-state index contributed by atoms with van der Waals surface area (Å²) >= 11 is 0. The molecule has 0 aromatic carbocycles. The van der Waals surface area contributed by atoms with E-state index in [-0.39, 0.29) is 6.61 Å². The molecule has 0 aliphatic heterocycles. The summed E-state index contributed by atoms with van der Waals surface area (Å²) in [6.07, 6.45) is 55.4. The van der Waals surface area contributed by atoms with Crippen molar-refractivity contribution in [3.8, 4) is 0 Å². The van der Waals surface area contributed by atoms with Crippen molar-refractivity contribution in [2.45, 2.75) is 225 Å². The first-order valence-corrected chi connectivity index (χ1v) is 22.1. The van der Waals surface area contributed by atoms with Crippen LogP contribution in [0.25, 0.3) is 0 Å². The molecule has 4 N–H and O–H groups in total. The van der Waals surface area contributed by atoms with Crippen LogP contribution in [-0.4, -0.2) is 46.1 Å². The first-order valence-electron chi connectivity index (χ1n) is 22.1. The summed E-state index contributed by atoms with van der Waals surface area (Å²) in [5.74, 6) is -0.528. The van der Waals surface area contributed by atoms with E-state index in [4.69, 9.17) is 0 Å². The Kier molecular flexibility index (Phi) is 40.2. The number of rotatable bonds is 39. The molecule has 3 unspecified atom stereocenters. The average Bonchev–Trinajstić information content (AvgIpc) is 3.15. The Morgan fingerprint density at radius 3 is 1.33 bits per heavy atom. The number of nitrogens with one attached hydrogen (secondary N) is 1. The predicted octanol–water partition coefficient (Wildman–Crippen LogP) is 12.7. The second-order valence-electron chi connectivity index (χ2n) is 14.9. The molecule has 0 spiro atoms. The Bertz CT molecular complexity index is 892. The highest BCUT2D eigenvalue weighted by molar-refractivity contribution is 5.80. The minimum absolute atomic E-state index is 0.387. The molecule has 0 bridgehead atoms. The van der Waals surface area contributed by atoms with E-state index in [0.29, 0.717) is 6.42 Å². The van der Waals surface area contributed by atoms with Crippen LogP contribution in [-0.2, 0) is 4.79 Å². The topological polar surface area (TPSA) is 89.8 Å². The zero-order valence-corrected chi connectivity index (χ0v) is 34.2. The molecule has 0 aliphatic rings. The Morgan fingerprint density at radius 2 is 0.846 bits per heavy atom. The van der Waals surface area contributed by atoms with E-state index in [2.05, 4.69) is 67.8 Å². The Balaban J connectivity index is 3.78. The van der Waals surface area contributed by atoms with E-state index in [1.807, 2.05) is 6.08 Å². The molecule has 0 aliphatic carbocycles. The van der Waals surface area contributed by atoms with Crippen molar-refractivity contribution in [2.24, 2.45) is 0 Å². The van der Waals surface area contributed by atoms with Crippen molar-refractivity contribution in [2.75, 3.05) is 6.61 Å². The average molecular weight is 728 g/mol. The summed E-state index contributed by atoms with van der Waals surface area (Å²) < 4.78 is 0. The molecule has 1 amide bonds. The second kappa shape index (κ2) is 41.8. The molecule has 0 saturated heterocycles. The molecule has 0 aromatic rings. The molecule has 5 heteroatoms. The smallest absolute Gasteiger partial charge is 0.249 e. The molecule has 3 atom stereocenters. The van der Waals surface area contributed by atoms with Gasteiger partial charge < -0.3 is 20.6 Å². The first kappa shape index (κ1) is 50.1. The number of allylic oxidation sites excluding steroid dienone is 9. The van der Waals surface area contributed by atoms with Gasteiger partial charge in [-0.25, -0.2) is 0 Å². The molecule has 5 nitrogen and oxygen atoms in total. The van der Waals surface area contributed by atoms with Crippen LogP contribution in [0.5, 0.6) is 0 Å². The van der Waals surface area contributed by atoms with Gasteiger partial charge in [0.1, 0.15) is 6.10 Å². The minimum Gasteiger partial charge on any atom is -0.394 e. The van der Waals surface area contributed by atoms with Crippen LogP contribution in [0.15, 0.2) is 60.8 Å². The van der Waals surface area contributed by atoms with Crippen molar-refractivity contribution in [3.63, 3.8) is 0 Å². The van der Waals surface area contributed by atoms with Crippen LogP contribution in [0.3, 0.4) is 0 Å². The highest BCUT2D eigenvalue weighted by Gasteiger charge is 2.22. The third-order valence-corrected chi connectivity index (χ3v) is 9.81. The van der Waals surface area contributed by atoms with E-state index in [1.165, 1.54) is 128 Å². The largest absolute Gasteiger partial charge is 0.394 e. The maximum Gasteiger partial charge on any atom is 0.249 e. The molecule has 0 rings (SSSR count). The highest BCUT2D eigenvalue weighted by Crippen LogP contribution is 2.14. The number of carbonyl (C=O) groups is 1. The van der Waals surface area contributed by atoms with E-state index in [1.54, 1.807) is 6.08 Å². The normalized spacial score (nSPS) is 14.2. The van der Waals surface area contributed by atoms with E-state index < -0.39 is 24.2 Å². The Hall–Kier alpha value is -1.95. The van der Waals surface area contributed by atoms with Gasteiger partial charge in [0.2, 0.25) is 5.91 Å². The fraction of sp³-hybridized carbons (Fsp3) is 0.766. The molecule has 0 radical (unpaired) electrons. The summed E-state index contributed by atoms with van der Waals surface area (Å²) in [4.78, 5) is 12.4. The van der Waals surface area contributed by atoms with Gasteiger partial charge in [-0.1, -0.05) is 190 Å². The Morgan fingerprint density at radius 1 is 0.481 bits per heavy atom. The third kappa shape index (κ3) is 36.4. The third-order valence-electron chi connectivity index (χ3n) is 9.81. The minimum atomic E-state index is -1.12. The lowest BCUT2D eigenvalue weighted by Crippen LogP contribution is -2.48. The molecule has 0 heterocycles. The van der Waals surface area contributed by atoms with Crippen molar-refractivity contribution in [1.29, 1.82) is 0 Å². The van der Waals surface area contributed by atoms with E-state index >= 15 is 0 Å². The maximum atomic E-state index is 12.4. The lowest BCUT2D eigenvalue weighted by atomic mass is 10.0. The number of aliphatic hydroxyl groups excluding tert-OH is 3. The number of carbonyl (C=O) groups excluding carboxylic acids is 1. The Labute approximate surface area is 322 Å². The van der Waals surface area contributed by atoms with Gasteiger partial charge in [0, 0.05) is 0 Å². The molecular formula is C47H85NO4. The summed E-state index contributed by atoms with van der Waals surface area (Å²) in [5, 5.41) is 33.1. The van der Waals surface area contributed by atoms with Gasteiger partial charge in [0.05, 0.1) is 18.8 Å². The van der Waals surface area contributed by atoms with Gasteiger partial charge in [-0.15, -0.1) is 0 Å².